The molecule has 5 aromatic rings. The maximum atomic E-state index is 14.5. The molecule has 0 spiro atoms. The summed E-state index contributed by atoms with van der Waals surface area (Å²) in [5.74, 6) is 1.34. The summed E-state index contributed by atoms with van der Waals surface area (Å²) in [6.07, 6.45) is 56.8. The van der Waals surface area contributed by atoms with Crippen LogP contribution in [-0.2, 0) is 22.4 Å². The third-order valence-corrected chi connectivity index (χ3v) is 24.3. The molecule has 82 heavy (non-hydrogen) atoms. The Balaban J connectivity index is 1.09. The monoisotopic (exact) mass is 1220 g/mol. The van der Waals surface area contributed by atoms with E-state index in [0.29, 0.717) is 11.8 Å². The Morgan fingerprint density at radius 1 is 0.366 bits per heavy atom. The second kappa shape index (κ2) is 39.6. The summed E-state index contributed by atoms with van der Waals surface area (Å²) in [6, 6.07) is 18.3. The highest BCUT2D eigenvalue weighted by Crippen LogP contribution is 2.46. The fourth-order valence-electron chi connectivity index (χ4n) is 13.0. The largest absolute Gasteiger partial charge is 0.281 e. The van der Waals surface area contributed by atoms with Crippen molar-refractivity contribution >= 4 is 90.2 Å². The van der Waals surface area contributed by atoms with Gasteiger partial charge < -0.3 is 0 Å². The third-order valence-electron chi connectivity index (χ3n) is 17.9. The predicted molar refractivity (Wildman–Crippen MR) is 369 cm³/mol. The van der Waals surface area contributed by atoms with E-state index in [1.165, 1.54) is 311 Å². The topological polar surface area (TPSA) is 34.1 Å². The highest BCUT2D eigenvalue weighted by Gasteiger charge is 2.32. The molecule has 2 aliphatic heterocycles. The number of hydrogen-bond donors (Lipinski definition) is 0. The number of thioether (sulfide) groups is 2. The average Bonchev–Trinajstić information content (AvgIpc) is 3.21. The van der Waals surface area contributed by atoms with Crippen LogP contribution >= 0.6 is 68.9 Å². The van der Waals surface area contributed by atoms with Gasteiger partial charge in [0.05, 0.1) is 11.1 Å². The van der Waals surface area contributed by atoms with Crippen LogP contribution in [0.25, 0.3) is 30.7 Å². The minimum absolute atomic E-state index is 0.144. The molecule has 0 saturated heterocycles. The van der Waals surface area contributed by atoms with Crippen LogP contribution in [0.3, 0.4) is 0 Å². The van der Waals surface area contributed by atoms with Crippen LogP contribution in [0.1, 0.15) is 305 Å². The van der Waals surface area contributed by atoms with Crippen molar-refractivity contribution in [3.05, 3.63) is 90.6 Å². The number of fused-ring (bicyclic) bond motifs is 2. The van der Waals surface area contributed by atoms with Crippen LogP contribution in [0.15, 0.2) is 69.1 Å². The lowest BCUT2D eigenvalue weighted by atomic mass is 9.88. The number of carbonyl (C=O) groups is 2. The molecule has 0 amide bonds. The zero-order valence-corrected chi connectivity index (χ0v) is 56.8. The second-order valence-electron chi connectivity index (χ2n) is 24.9. The standard InChI is InChI=1S/C74H108O2S6/c1-5-9-13-17-21-25-27-31-34-38-43-57(42-37-33-29-23-19-15-11-7-3)50-59-52-68(78-56-59)70-61-54-67-62(55-66(61)81-73(70)75)71(74(76)82-67)69-53-60(72(80-69)65-48-47-64(79-65)63-46-41-49-77-63)51-58(44-39-35-30-24-20-16-12-8-4)45-40-36-32-28-26-22-18-14-10-6-2/h41,46-49,52-58H,5-40,42-45,50-51H2,1-4H3. The zero-order chi connectivity index (χ0) is 57.4. The van der Waals surface area contributed by atoms with Crippen LogP contribution < -0.4 is 10.4 Å². The summed E-state index contributed by atoms with van der Waals surface area (Å²) < 4.78 is 0. The fraction of sp³-hybridized carbons (Fsp3) is 0.649. The number of benzene rings is 1. The molecule has 0 saturated carbocycles. The average molecular weight is 1220 g/mol. The van der Waals surface area contributed by atoms with Gasteiger partial charge in [0.15, 0.2) is 0 Å². The summed E-state index contributed by atoms with van der Waals surface area (Å²) >= 11 is 10.1. The van der Waals surface area contributed by atoms with E-state index in [-0.39, 0.29) is 10.2 Å². The molecule has 2 aliphatic rings. The number of thiophene rings is 4. The minimum Gasteiger partial charge on any atom is -0.281 e. The Morgan fingerprint density at radius 3 is 1.20 bits per heavy atom. The molecular formula is C74H108O2S6. The lowest BCUT2D eigenvalue weighted by Gasteiger charge is -2.17. The van der Waals surface area contributed by atoms with Gasteiger partial charge in [-0.25, -0.2) is 0 Å². The molecule has 0 radical (unpaired) electrons. The molecule has 7 rings (SSSR count). The van der Waals surface area contributed by atoms with Gasteiger partial charge in [0.1, 0.15) is 0 Å². The zero-order valence-electron chi connectivity index (χ0n) is 51.9. The van der Waals surface area contributed by atoms with Gasteiger partial charge in [-0.05, 0) is 113 Å². The first-order valence-electron chi connectivity index (χ1n) is 34.1. The molecule has 2 unspecified atom stereocenters. The molecule has 6 heterocycles. The first-order valence-corrected chi connectivity index (χ1v) is 39.1. The van der Waals surface area contributed by atoms with E-state index in [0.717, 1.165) is 54.0 Å². The number of carbonyl (C=O) groups excluding carboxylic acids is 2. The predicted octanol–water partition coefficient (Wildman–Crippen LogP) is 24.9. The Morgan fingerprint density at radius 2 is 0.768 bits per heavy atom. The van der Waals surface area contributed by atoms with E-state index < -0.39 is 0 Å². The van der Waals surface area contributed by atoms with Gasteiger partial charge in [0, 0.05) is 49.5 Å². The van der Waals surface area contributed by atoms with E-state index in [9.17, 15) is 9.59 Å². The van der Waals surface area contributed by atoms with Gasteiger partial charge in [-0.3, -0.25) is 9.59 Å². The Hall–Kier alpha value is -2.20. The van der Waals surface area contributed by atoms with Crippen molar-refractivity contribution in [3.8, 4) is 19.5 Å². The van der Waals surface area contributed by atoms with Crippen LogP contribution in [0, 0.1) is 11.8 Å². The minimum atomic E-state index is 0.144. The highest BCUT2D eigenvalue weighted by atomic mass is 32.2. The smallest absolute Gasteiger partial charge is 0.226 e. The van der Waals surface area contributed by atoms with Crippen LogP contribution in [0.2, 0.25) is 0 Å². The molecular weight excluding hydrogens is 1110 g/mol. The maximum Gasteiger partial charge on any atom is 0.226 e. The van der Waals surface area contributed by atoms with E-state index in [2.05, 4.69) is 87.0 Å². The molecule has 0 N–H and O–H groups in total. The molecule has 452 valence electrons. The van der Waals surface area contributed by atoms with Gasteiger partial charge in [-0.1, -0.05) is 291 Å². The highest BCUT2D eigenvalue weighted by molar-refractivity contribution is 8.15. The summed E-state index contributed by atoms with van der Waals surface area (Å²) in [6.45, 7) is 9.24. The molecule has 4 aromatic heterocycles. The van der Waals surface area contributed by atoms with E-state index in [1.54, 1.807) is 11.3 Å². The van der Waals surface area contributed by atoms with Crippen LogP contribution in [-0.4, -0.2) is 10.2 Å². The summed E-state index contributed by atoms with van der Waals surface area (Å²) in [5.41, 5.74) is 4.51. The molecule has 2 nitrogen and oxygen atoms in total. The fourth-order valence-corrected chi connectivity index (χ4v) is 19.2. The summed E-state index contributed by atoms with van der Waals surface area (Å²) in [7, 11) is 0. The number of rotatable bonds is 48. The number of hydrogen-bond acceptors (Lipinski definition) is 8. The molecule has 2 atom stereocenters. The summed E-state index contributed by atoms with van der Waals surface area (Å²) in [5, 5.41) is 6.87. The first kappa shape index (κ1) is 67.3. The van der Waals surface area contributed by atoms with Crippen molar-refractivity contribution in [2.75, 3.05) is 0 Å². The van der Waals surface area contributed by atoms with Crippen molar-refractivity contribution in [3.63, 3.8) is 0 Å². The first-order chi connectivity index (χ1) is 40.4. The maximum absolute atomic E-state index is 14.5. The normalized spacial score (nSPS) is 14.0. The van der Waals surface area contributed by atoms with Crippen molar-refractivity contribution in [2.45, 2.75) is 307 Å². The molecule has 0 fully saturated rings. The van der Waals surface area contributed by atoms with Crippen LogP contribution in [0.5, 0.6) is 0 Å². The van der Waals surface area contributed by atoms with Crippen molar-refractivity contribution in [2.24, 2.45) is 11.8 Å². The SMILES string of the molecule is CCCCCCCCCCCCC(CCCCCCCCCC)Cc1csc(C2=c3cc4c(cc3SC2=O)=C(c2cc(CC(CCCCCCCCCC)CCCCCCCCCCCC)c(-c3ccc(-c5cccs5)s3)s2)C(=O)S4)c1. The number of unbranched alkanes of at least 4 members (excludes halogenated alkanes) is 32. The third kappa shape index (κ3) is 22.5. The Labute approximate surface area is 524 Å². The lowest BCUT2D eigenvalue weighted by Crippen LogP contribution is -2.15. The second-order valence-corrected chi connectivity index (χ2v) is 30.9. The van der Waals surface area contributed by atoms with Gasteiger partial charge in [-0.2, -0.15) is 0 Å². The van der Waals surface area contributed by atoms with Crippen molar-refractivity contribution < 1.29 is 9.59 Å². The van der Waals surface area contributed by atoms with Gasteiger partial charge in [-0.15, -0.1) is 45.3 Å². The molecule has 0 bridgehead atoms. The molecule has 8 heteroatoms. The van der Waals surface area contributed by atoms with E-state index >= 15 is 0 Å². The Kier molecular flexibility index (Phi) is 32.5. The van der Waals surface area contributed by atoms with Gasteiger partial charge >= 0.3 is 0 Å². The molecule has 0 aliphatic carbocycles. The van der Waals surface area contributed by atoms with Gasteiger partial charge in [0.2, 0.25) is 10.2 Å². The van der Waals surface area contributed by atoms with Crippen molar-refractivity contribution in [1.82, 2.24) is 0 Å². The lowest BCUT2D eigenvalue weighted by molar-refractivity contribution is -0.106. The van der Waals surface area contributed by atoms with Crippen molar-refractivity contribution in [1.29, 1.82) is 0 Å². The van der Waals surface area contributed by atoms with Gasteiger partial charge in [0.25, 0.3) is 0 Å². The molecule has 1 aromatic carbocycles. The quantitative estimate of drug-likeness (QED) is 0.0364. The summed E-state index contributed by atoms with van der Waals surface area (Å²) in [4.78, 5) is 38.3. The van der Waals surface area contributed by atoms with E-state index in [4.69, 9.17) is 0 Å². The van der Waals surface area contributed by atoms with E-state index in [1.807, 2.05) is 34.0 Å². The van der Waals surface area contributed by atoms with Crippen LogP contribution in [0.4, 0.5) is 0 Å². The Bertz CT molecular complexity index is 2700.